The molecule has 3 nitrogen and oxygen atoms in total. The second kappa shape index (κ2) is 3.83. The van der Waals surface area contributed by atoms with E-state index in [2.05, 4.69) is 18.8 Å². The lowest BCUT2D eigenvalue weighted by atomic mass is 10.1. The van der Waals surface area contributed by atoms with Crippen molar-refractivity contribution in [2.45, 2.75) is 26.4 Å². The Labute approximate surface area is 93.3 Å². The van der Waals surface area contributed by atoms with Gasteiger partial charge in [-0.3, -0.25) is 0 Å². The summed E-state index contributed by atoms with van der Waals surface area (Å²) in [5.74, 6) is 0.297. The fourth-order valence-electron chi connectivity index (χ4n) is 1.71. The molecular weight excluding hydrogens is 212 g/mol. The second-order valence-corrected chi connectivity index (χ2v) is 4.27. The van der Waals surface area contributed by atoms with Gasteiger partial charge < -0.3 is 9.51 Å². The molecule has 0 saturated carbocycles. The number of halogens is 1. The molecule has 0 amide bonds. The van der Waals surface area contributed by atoms with E-state index in [1.165, 1.54) is 0 Å². The van der Waals surface area contributed by atoms with Crippen molar-refractivity contribution in [3.05, 3.63) is 34.7 Å². The van der Waals surface area contributed by atoms with Crippen molar-refractivity contribution in [3.63, 3.8) is 0 Å². The third kappa shape index (κ3) is 1.73. The van der Waals surface area contributed by atoms with Crippen LogP contribution in [0.5, 0.6) is 0 Å². The maximum atomic E-state index is 9.33. The maximum absolute atomic E-state index is 9.33. The van der Waals surface area contributed by atoms with Gasteiger partial charge in [0.25, 0.3) is 0 Å². The van der Waals surface area contributed by atoms with Crippen molar-refractivity contribution in [1.82, 2.24) is 9.38 Å². The van der Waals surface area contributed by atoms with Crippen molar-refractivity contribution >= 4 is 17.2 Å². The van der Waals surface area contributed by atoms with Gasteiger partial charge in [-0.15, -0.1) is 0 Å². The van der Waals surface area contributed by atoms with Crippen LogP contribution in [0.1, 0.15) is 31.2 Å². The van der Waals surface area contributed by atoms with E-state index in [1.54, 1.807) is 12.1 Å². The lowest BCUT2D eigenvalue weighted by Crippen LogP contribution is -1.97. The van der Waals surface area contributed by atoms with Crippen molar-refractivity contribution < 1.29 is 5.11 Å². The van der Waals surface area contributed by atoms with E-state index >= 15 is 0 Å². The van der Waals surface area contributed by atoms with Crippen molar-refractivity contribution in [3.8, 4) is 0 Å². The van der Waals surface area contributed by atoms with Crippen LogP contribution < -0.4 is 0 Å². The van der Waals surface area contributed by atoms with E-state index in [-0.39, 0.29) is 6.61 Å². The van der Waals surface area contributed by atoms with Gasteiger partial charge in [0.05, 0.1) is 18.0 Å². The molecule has 0 aliphatic carbocycles. The first-order valence-corrected chi connectivity index (χ1v) is 5.28. The van der Waals surface area contributed by atoms with E-state index < -0.39 is 0 Å². The molecule has 2 aromatic rings. The minimum atomic E-state index is -0.00366. The number of fused-ring (bicyclic) bond motifs is 1. The summed E-state index contributed by atoms with van der Waals surface area (Å²) in [5, 5.41) is 9.99. The quantitative estimate of drug-likeness (QED) is 0.852. The third-order valence-corrected chi connectivity index (χ3v) is 2.65. The molecule has 0 saturated heterocycles. The number of imidazole rings is 1. The Morgan fingerprint density at radius 2 is 2.27 bits per heavy atom. The molecule has 2 heterocycles. The number of hydrogen-bond donors (Lipinski definition) is 1. The Balaban J connectivity index is 2.73. The average Bonchev–Trinajstić information content (AvgIpc) is 2.55. The predicted octanol–water partition coefficient (Wildman–Crippen LogP) is 2.60. The van der Waals surface area contributed by atoms with Gasteiger partial charge >= 0.3 is 0 Å². The lowest BCUT2D eigenvalue weighted by Gasteiger charge is -2.03. The summed E-state index contributed by atoms with van der Waals surface area (Å²) in [6.07, 6.45) is 1.84. The topological polar surface area (TPSA) is 37.5 Å². The molecule has 0 unspecified atom stereocenters. The van der Waals surface area contributed by atoms with Crippen LogP contribution in [0.4, 0.5) is 0 Å². The molecule has 0 aliphatic rings. The van der Waals surface area contributed by atoms with Crippen LogP contribution >= 0.6 is 11.6 Å². The molecule has 0 spiro atoms. The Morgan fingerprint density at radius 3 is 2.87 bits per heavy atom. The van der Waals surface area contributed by atoms with Gasteiger partial charge in [0.15, 0.2) is 0 Å². The van der Waals surface area contributed by atoms with Gasteiger partial charge in [0.1, 0.15) is 5.65 Å². The fourth-order valence-corrected chi connectivity index (χ4v) is 1.86. The predicted molar refractivity (Wildman–Crippen MR) is 60.2 cm³/mol. The van der Waals surface area contributed by atoms with Gasteiger partial charge in [-0.25, -0.2) is 4.98 Å². The second-order valence-electron chi connectivity index (χ2n) is 3.83. The van der Waals surface area contributed by atoms with E-state index in [0.29, 0.717) is 10.9 Å². The summed E-state index contributed by atoms with van der Waals surface area (Å²) in [7, 11) is 0. The van der Waals surface area contributed by atoms with Gasteiger partial charge in [-0.2, -0.15) is 0 Å². The van der Waals surface area contributed by atoms with Crippen LogP contribution in [0.2, 0.25) is 5.02 Å². The number of aliphatic hydroxyl groups excluding tert-OH is 1. The molecule has 2 aromatic heterocycles. The normalized spacial score (nSPS) is 11.5. The zero-order valence-corrected chi connectivity index (χ0v) is 9.49. The first-order chi connectivity index (χ1) is 7.13. The zero-order chi connectivity index (χ0) is 11.0. The number of nitrogens with zero attached hydrogens (tertiary/aromatic N) is 2. The molecule has 0 aromatic carbocycles. The highest BCUT2D eigenvalue weighted by Gasteiger charge is 2.13. The van der Waals surface area contributed by atoms with Crippen LogP contribution in [-0.2, 0) is 6.61 Å². The van der Waals surface area contributed by atoms with Crippen LogP contribution in [0.15, 0.2) is 18.3 Å². The van der Waals surface area contributed by atoms with Crippen LogP contribution in [-0.4, -0.2) is 14.5 Å². The summed E-state index contributed by atoms with van der Waals surface area (Å²) < 4.78 is 1.88. The molecule has 2 rings (SSSR count). The zero-order valence-electron chi connectivity index (χ0n) is 8.74. The van der Waals surface area contributed by atoms with Crippen molar-refractivity contribution in [2.24, 2.45) is 0 Å². The smallest absolute Gasteiger partial charge is 0.138 e. The molecule has 0 bridgehead atoms. The SMILES string of the molecule is CC(C)c1nc2cc(Cl)ccn2c1CO. The van der Waals surface area contributed by atoms with Gasteiger partial charge in [0.2, 0.25) is 0 Å². The van der Waals surface area contributed by atoms with Crippen molar-refractivity contribution in [2.75, 3.05) is 0 Å². The largest absolute Gasteiger partial charge is 0.390 e. The first kappa shape index (κ1) is 10.5. The minimum Gasteiger partial charge on any atom is -0.390 e. The maximum Gasteiger partial charge on any atom is 0.138 e. The Bertz CT molecular complexity index is 491. The Kier molecular flexibility index (Phi) is 2.67. The summed E-state index contributed by atoms with van der Waals surface area (Å²) in [6.45, 7) is 4.11. The summed E-state index contributed by atoms with van der Waals surface area (Å²) >= 11 is 5.89. The lowest BCUT2D eigenvalue weighted by molar-refractivity contribution is 0.274. The Hall–Kier alpha value is -1.06. The standard InChI is InChI=1S/C11H13ClN2O/c1-7(2)11-9(6-15)14-4-3-8(12)5-10(14)13-11/h3-5,7,15H,6H2,1-2H3. The molecule has 0 radical (unpaired) electrons. The number of rotatable bonds is 2. The summed E-state index contributed by atoms with van der Waals surface area (Å²) in [6, 6.07) is 3.59. The number of pyridine rings is 1. The van der Waals surface area contributed by atoms with E-state index in [4.69, 9.17) is 11.6 Å². The third-order valence-electron chi connectivity index (χ3n) is 2.41. The highest BCUT2D eigenvalue weighted by molar-refractivity contribution is 6.30. The molecule has 1 N–H and O–H groups in total. The van der Waals surface area contributed by atoms with Crippen LogP contribution in [0, 0.1) is 0 Å². The monoisotopic (exact) mass is 224 g/mol. The number of hydrogen-bond acceptors (Lipinski definition) is 2. The van der Waals surface area contributed by atoms with Crippen molar-refractivity contribution in [1.29, 1.82) is 0 Å². The van der Waals surface area contributed by atoms with Gasteiger partial charge in [-0.05, 0) is 12.0 Å². The summed E-state index contributed by atoms with van der Waals surface area (Å²) in [5.41, 5.74) is 2.56. The fraction of sp³-hybridized carbons (Fsp3) is 0.364. The molecule has 4 heteroatoms. The summed E-state index contributed by atoms with van der Waals surface area (Å²) in [4.78, 5) is 4.46. The molecule has 0 atom stereocenters. The minimum absolute atomic E-state index is 0.00366. The molecule has 0 aliphatic heterocycles. The number of aromatic nitrogens is 2. The molecular formula is C11H13ClN2O. The van der Waals surface area contributed by atoms with E-state index in [0.717, 1.165) is 17.0 Å². The first-order valence-electron chi connectivity index (χ1n) is 4.90. The highest BCUT2D eigenvalue weighted by Crippen LogP contribution is 2.22. The van der Waals surface area contributed by atoms with Gasteiger partial charge in [0, 0.05) is 17.3 Å². The van der Waals surface area contributed by atoms with E-state index in [9.17, 15) is 5.11 Å². The van der Waals surface area contributed by atoms with E-state index in [1.807, 2.05) is 10.6 Å². The van der Waals surface area contributed by atoms with Gasteiger partial charge in [-0.1, -0.05) is 25.4 Å². The number of aliphatic hydroxyl groups is 1. The Morgan fingerprint density at radius 1 is 1.53 bits per heavy atom. The van der Waals surface area contributed by atoms with Crippen LogP contribution in [0.3, 0.4) is 0 Å². The molecule has 15 heavy (non-hydrogen) atoms. The molecule has 80 valence electrons. The van der Waals surface area contributed by atoms with Crippen LogP contribution in [0.25, 0.3) is 5.65 Å². The molecule has 0 fully saturated rings. The average molecular weight is 225 g/mol. The highest BCUT2D eigenvalue weighted by atomic mass is 35.5.